The topological polar surface area (TPSA) is 78.5 Å². The maximum absolute atomic E-state index is 14.4. The van der Waals surface area contributed by atoms with E-state index in [0.29, 0.717) is 22.4 Å². The highest BCUT2D eigenvalue weighted by Crippen LogP contribution is 2.39. The standard InChI is InChI=1S/C31H27N3O3/c1-21-18-22(2)20-26(19-21)32-28(35)27(23-12-6-3-7-13-23)34-29(36)31(33-30(34)37,24-14-8-4-9-15-24)25-16-10-5-11-17-25/h3-20,27H,1-2H3,(H,32,35)(H,33,37)/t27-/m1/s1. The third kappa shape index (κ3) is 4.38. The number of aryl methyl sites for hydroxylation is 2. The SMILES string of the molecule is Cc1cc(C)cc(NC(=O)[C@@H](c2ccccc2)N2C(=O)NC(c3ccccc3)(c3ccccc3)C2=O)c1. The van der Waals surface area contributed by atoms with Gasteiger partial charge in [-0.3, -0.25) is 9.59 Å². The molecule has 0 radical (unpaired) electrons. The summed E-state index contributed by atoms with van der Waals surface area (Å²) in [6.45, 7) is 3.89. The van der Waals surface area contributed by atoms with Crippen LogP contribution in [0.2, 0.25) is 0 Å². The van der Waals surface area contributed by atoms with Crippen LogP contribution in [-0.2, 0) is 15.1 Å². The number of hydrogen-bond acceptors (Lipinski definition) is 3. The number of carbonyl (C=O) groups is 3. The maximum Gasteiger partial charge on any atom is 0.326 e. The smallest absolute Gasteiger partial charge is 0.324 e. The van der Waals surface area contributed by atoms with Crippen molar-refractivity contribution < 1.29 is 14.4 Å². The Hall–Kier alpha value is -4.71. The Balaban J connectivity index is 1.62. The fourth-order valence-corrected chi connectivity index (χ4v) is 5.03. The molecular weight excluding hydrogens is 462 g/mol. The van der Waals surface area contributed by atoms with Crippen LogP contribution < -0.4 is 10.6 Å². The van der Waals surface area contributed by atoms with Gasteiger partial charge < -0.3 is 10.6 Å². The van der Waals surface area contributed by atoms with Crippen LogP contribution in [0.25, 0.3) is 0 Å². The molecule has 1 heterocycles. The monoisotopic (exact) mass is 489 g/mol. The molecule has 6 nitrogen and oxygen atoms in total. The molecule has 0 aliphatic carbocycles. The van der Waals surface area contributed by atoms with Crippen molar-refractivity contribution in [1.82, 2.24) is 10.2 Å². The second-order valence-electron chi connectivity index (χ2n) is 9.27. The van der Waals surface area contributed by atoms with Crippen LogP contribution in [-0.4, -0.2) is 22.7 Å². The van der Waals surface area contributed by atoms with E-state index in [0.717, 1.165) is 16.0 Å². The largest absolute Gasteiger partial charge is 0.326 e. The van der Waals surface area contributed by atoms with Crippen molar-refractivity contribution >= 4 is 23.5 Å². The molecule has 0 unspecified atom stereocenters. The summed E-state index contributed by atoms with van der Waals surface area (Å²) in [5.41, 5.74) is 2.89. The molecule has 1 atom stereocenters. The van der Waals surface area contributed by atoms with Gasteiger partial charge in [-0.05, 0) is 53.8 Å². The van der Waals surface area contributed by atoms with Crippen molar-refractivity contribution in [2.24, 2.45) is 0 Å². The van der Waals surface area contributed by atoms with Crippen molar-refractivity contribution in [1.29, 1.82) is 0 Å². The Kier molecular flexibility index (Phi) is 6.32. The average Bonchev–Trinajstić information content (AvgIpc) is 3.16. The Labute approximate surface area is 215 Å². The minimum absolute atomic E-state index is 0.475. The number of anilines is 1. The van der Waals surface area contributed by atoms with E-state index in [1.165, 1.54) is 0 Å². The molecule has 0 spiro atoms. The number of benzene rings is 4. The van der Waals surface area contributed by atoms with E-state index in [2.05, 4.69) is 10.6 Å². The van der Waals surface area contributed by atoms with E-state index in [9.17, 15) is 14.4 Å². The first-order valence-corrected chi connectivity index (χ1v) is 12.1. The highest BCUT2D eigenvalue weighted by Gasteiger charge is 2.56. The Morgan fingerprint density at radius 1 is 0.757 bits per heavy atom. The summed E-state index contributed by atoms with van der Waals surface area (Å²) < 4.78 is 0. The fourth-order valence-electron chi connectivity index (χ4n) is 5.03. The number of urea groups is 1. The molecule has 1 aliphatic heterocycles. The zero-order chi connectivity index (χ0) is 26.0. The molecule has 37 heavy (non-hydrogen) atoms. The molecule has 4 aromatic rings. The molecule has 2 N–H and O–H groups in total. The van der Waals surface area contributed by atoms with Gasteiger partial charge in [-0.25, -0.2) is 9.69 Å². The molecule has 4 aromatic carbocycles. The quantitative estimate of drug-likeness (QED) is 0.352. The summed E-state index contributed by atoms with van der Waals surface area (Å²) in [6, 6.07) is 31.0. The maximum atomic E-state index is 14.4. The van der Waals surface area contributed by atoms with Crippen LogP contribution in [0, 0.1) is 13.8 Å². The highest BCUT2D eigenvalue weighted by molar-refractivity contribution is 6.13. The van der Waals surface area contributed by atoms with Crippen molar-refractivity contribution in [2.45, 2.75) is 25.4 Å². The molecule has 1 fully saturated rings. The minimum atomic E-state index is -1.47. The second kappa shape index (κ2) is 9.74. The lowest BCUT2D eigenvalue weighted by Crippen LogP contribution is -2.46. The van der Waals surface area contributed by atoms with Crippen molar-refractivity contribution in [3.63, 3.8) is 0 Å². The van der Waals surface area contributed by atoms with E-state index >= 15 is 0 Å². The van der Waals surface area contributed by atoms with Crippen LogP contribution in [0.15, 0.2) is 109 Å². The number of rotatable bonds is 6. The lowest BCUT2D eigenvalue weighted by Gasteiger charge is -2.30. The fraction of sp³-hybridized carbons (Fsp3) is 0.129. The van der Waals surface area contributed by atoms with E-state index in [1.54, 1.807) is 24.3 Å². The van der Waals surface area contributed by atoms with Gasteiger partial charge in [0.1, 0.15) is 6.04 Å². The van der Waals surface area contributed by atoms with Crippen LogP contribution in [0.3, 0.4) is 0 Å². The first-order valence-electron chi connectivity index (χ1n) is 12.1. The molecule has 6 heteroatoms. The zero-order valence-electron chi connectivity index (χ0n) is 20.6. The Morgan fingerprint density at radius 3 is 1.76 bits per heavy atom. The van der Waals surface area contributed by atoms with Gasteiger partial charge in [0, 0.05) is 5.69 Å². The summed E-state index contributed by atoms with van der Waals surface area (Å²) in [7, 11) is 0. The predicted octanol–water partition coefficient (Wildman–Crippen LogP) is 5.48. The van der Waals surface area contributed by atoms with Gasteiger partial charge in [0.25, 0.3) is 11.8 Å². The summed E-state index contributed by atoms with van der Waals surface area (Å²) in [6.07, 6.45) is 0. The van der Waals surface area contributed by atoms with Crippen LogP contribution in [0.5, 0.6) is 0 Å². The van der Waals surface area contributed by atoms with Gasteiger partial charge in [-0.1, -0.05) is 97.1 Å². The van der Waals surface area contributed by atoms with Gasteiger partial charge in [-0.15, -0.1) is 0 Å². The predicted molar refractivity (Wildman–Crippen MR) is 143 cm³/mol. The van der Waals surface area contributed by atoms with E-state index < -0.39 is 29.4 Å². The van der Waals surface area contributed by atoms with Crippen molar-refractivity contribution in [3.05, 3.63) is 137 Å². The molecule has 184 valence electrons. The molecule has 0 bridgehead atoms. The third-order valence-corrected chi connectivity index (χ3v) is 6.58. The first kappa shape index (κ1) is 24.0. The Morgan fingerprint density at radius 2 is 1.24 bits per heavy atom. The zero-order valence-corrected chi connectivity index (χ0v) is 20.6. The average molecular weight is 490 g/mol. The van der Waals surface area contributed by atoms with E-state index in [-0.39, 0.29) is 0 Å². The van der Waals surface area contributed by atoms with Gasteiger partial charge in [0.05, 0.1) is 0 Å². The summed E-state index contributed by atoms with van der Waals surface area (Å²) >= 11 is 0. The second-order valence-corrected chi connectivity index (χ2v) is 9.27. The van der Waals surface area contributed by atoms with Crippen molar-refractivity contribution in [2.75, 3.05) is 5.32 Å². The minimum Gasteiger partial charge on any atom is -0.324 e. The van der Waals surface area contributed by atoms with Gasteiger partial charge in [-0.2, -0.15) is 0 Å². The molecule has 0 aromatic heterocycles. The molecule has 5 rings (SSSR count). The highest BCUT2D eigenvalue weighted by atomic mass is 16.2. The molecule has 1 aliphatic rings. The molecule has 1 saturated heterocycles. The van der Waals surface area contributed by atoms with Crippen LogP contribution >= 0.6 is 0 Å². The molecule has 0 saturated carbocycles. The van der Waals surface area contributed by atoms with Crippen molar-refractivity contribution in [3.8, 4) is 0 Å². The van der Waals surface area contributed by atoms with Crippen LogP contribution in [0.1, 0.15) is 33.9 Å². The number of amides is 4. The van der Waals surface area contributed by atoms with E-state index in [1.807, 2.05) is 98.8 Å². The number of hydrogen-bond donors (Lipinski definition) is 2. The lowest BCUT2D eigenvalue weighted by atomic mass is 9.82. The third-order valence-electron chi connectivity index (χ3n) is 6.58. The Bertz CT molecular complexity index is 1390. The normalized spacial score (nSPS) is 15.2. The summed E-state index contributed by atoms with van der Waals surface area (Å²) in [5, 5.41) is 5.88. The van der Waals surface area contributed by atoms with Gasteiger partial charge >= 0.3 is 6.03 Å². The summed E-state index contributed by atoms with van der Waals surface area (Å²) in [4.78, 5) is 42.9. The number of nitrogens with one attached hydrogen (secondary N) is 2. The first-order chi connectivity index (χ1) is 17.9. The summed E-state index contributed by atoms with van der Waals surface area (Å²) in [5.74, 6) is -0.990. The number of imide groups is 1. The molecule has 4 amide bonds. The van der Waals surface area contributed by atoms with Gasteiger partial charge in [0.2, 0.25) is 0 Å². The van der Waals surface area contributed by atoms with Crippen LogP contribution in [0.4, 0.5) is 10.5 Å². The molecular formula is C31H27N3O3. The number of nitrogens with zero attached hydrogens (tertiary/aromatic N) is 1. The van der Waals surface area contributed by atoms with E-state index in [4.69, 9.17) is 0 Å². The number of carbonyl (C=O) groups excluding carboxylic acids is 3. The lowest BCUT2D eigenvalue weighted by molar-refractivity contribution is -0.136. The van der Waals surface area contributed by atoms with Gasteiger partial charge in [0.15, 0.2) is 5.54 Å².